The SMILES string of the molecule is CNCc1cc2ccccc2nc1N(CCO)Cc1ccccc1. The van der Waals surface area contributed by atoms with Gasteiger partial charge in [0.2, 0.25) is 0 Å². The summed E-state index contributed by atoms with van der Waals surface area (Å²) in [5.41, 5.74) is 3.32. The van der Waals surface area contributed by atoms with E-state index in [1.165, 1.54) is 5.56 Å². The molecule has 0 atom stereocenters. The molecule has 0 radical (unpaired) electrons. The first-order valence-corrected chi connectivity index (χ1v) is 8.25. The van der Waals surface area contributed by atoms with E-state index in [1.807, 2.05) is 43.4 Å². The maximum absolute atomic E-state index is 9.53. The molecule has 4 heteroatoms. The average molecular weight is 321 g/mol. The molecular formula is C20H23N3O. The van der Waals surface area contributed by atoms with Gasteiger partial charge in [0.05, 0.1) is 12.1 Å². The molecule has 0 aliphatic heterocycles. The molecule has 0 saturated heterocycles. The van der Waals surface area contributed by atoms with Gasteiger partial charge in [0.15, 0.2) is 0 Å². The average Bonchev–Trinajstić information content (AvgIpc) is 2.62. The van der Waals surface area contributed by atoms with E-state index in [9.17, 15) is 5.11 Å². The fraction of sp³-hybridized carbons (Fsp3) is 0.250. The number of fused-ring (bicyclic) bond motifs is 1. The van der Waals surface area contributed by atoms with Gasteiger partial charge in [0.25, 0.3) is 0 Å². The normalized spacial score (nSPS) is 10.9. The molecule has 0 unspecified atom stereocenters. The lowest BCUT2D eigenvalue weighted by atomic mass is 10.1. The number of aliphatic hydroxyl groups excluding tert-OH is 1. The first-order chi connectivity index (χ1) is 11.8. The third-order valence-electron chi connectivity index (χ3n) is 4.03. The standard InChI is InChI=1S/C20H23N3O/c1-21-14-18-13-17-9-5-6-10-19(17)22-20(18)23(11-12-24)15-16-7-3-2-4-8-16/h2-10,13,21,24H,11-12,14-15H2,1H3. The van der Waals surface area contributed by atoms with E-state index in [1.54, 1.807) is 0 Å². The van der Waals surface area contributed by atoms with Gasteiger partial charge in [-0.2, -0.15) is 0 Å². The number of nitrogens with zero attached hydrogens (tertiary/aromatic N) is 2. The number of hydrogen-bond acceptors (Lipinski definition) is 4. The van der Waals surface area contributed by atoms with Crippen molar-refractivity contribution in [1.29, 1.82) is 0 Å². The molecule has 1 heterocycles. The Morgan fingerprint density at radius 2 is 1.79 bits per heavy atom. The number of benzene rings is 2. The zero-order chi connectivity index (χ0) is 16.8. The van der Waals surface area contributed by atoms with Crippen molar-refractivity contribution in [3.8, 4) is 0 Å². The molecule has 2 aromatic carbocycles. The minimum absolute atomic E-state index is 0.0976. The molecular weight excluding hydrogens is 298 g/mol. The highest BCUT2D eigenvalue weighted by molar-refractivity contribution is 5.81. The molecule has 2 N–H and O–H groups in total. The Bertz CT molecular complexity index is 789. The van der Waals surface area contributed by atoms with Gasteiger partial charge in [-0.3, -0.25) is 0 Å². The Kier molecular flexibility index (Phi) is 5.41. The van der Waals surface area contributed by atoms with Crippen LogP contribution in [0.4, 0.5) is 5.82 Å². The van der Waals surface area contributed by atoms with Crippen LogP contribution in [0.15, 0.2) is 60.7 Å². The van der Waals surface area contributed by atoms with E-state index in [2.05, 4.69) is 34.5 Å². The van der Waals surface area contributed by atoms with Gasteiger partial charge in [-0.25, -0.2) is 4.98 Å². The number of para-hydroxylation sites is 1. The van der Waals surface area contributed by atoms with Crippen LogP contribution in [0.2, 0.25) is 0 Å². The molecule has 0 spiro atoms. The molecule has 3 rings (SSSR count). The zero-order valence-corrected chi connectivity index (χ0v) is 13.9. The topological polar surface area (TPSA) is 48.4 Å². The lowest BCUT2D eigenvalue weighted by Gasteiger charge is -2.26. The lowest BCUT2D eigenvalue weighted by molar-refractivity contribution is 0.301. The monoisotopic (exact) mass is 321 g/mol. The van der Waals surface area contributed by atoms with E-state index in [-0.39, 0.29) is 6.61 Å². The summed E-state index contributed by atoms with van der Waals surface area (Å²) in [6.07, 6.45) is 0. The van der Waals surface area contributed by atoms with Crippen LogP contribution < -0.4 is 10.2 Å². The molecule has 0 amide bonds. The van der Waals surface area contributed by atoms with Crippen molar-refractivity contribution < 1.29 is 5.11 Å². The Labute approximate surface area is 142 Å². The summed E-state index contributed by atoms with van der Waals surface area (Å²) < 4.78 is 0. The van der Waals surface area contributed by atoms with E-state index in [0.717, 1.165) is 35.4 Å². The first kappa shape index (κ1) is 16.4. The second kappa shape index (κ2) is 7.90. The molecule has 24 heavy (non-hydrogen) atoms. The van der Waals surface area contributed by atoms with Crippen LogP contribution in [0.5, 0.6) is 0 Å². The second-order valence-corrected chi connectivity index (χ2v) is 5.82. The van der Waals surface area contributed by atoms with Crippen molar-refractivity contribution in [2.75, 3.05) is 25.1 Å². The molecule has 0 saturated carbocycles. The lowest BCUT2D eigenvalue weighted by Crippen LogP contribution is -2.28. The zero-order valence-electron chi connectivity index (χ0n) is 13.9. The number of anilines is 1. The Morgan fingerprint density at radius 1 is 1.04 bits per heavy atom. The molecule has 0 bridgehead atoms. The third kappa shape index (κ3) is 3.72. The van der Waals surface area contributed by atoms with Gasteiger partial charge >= 0.3 is 0 Å². The fourth-order valence-electron chi connectivity index (χ4n) is 2.93. The molecule has 1 aromatic heterocycles. The van der Waals surface area contributed by atoms with Crippen LogP contribution in [0.1, 0.15) is 11.1 Å². The van der Waals surface area contributed by atoms with Gasteiger partial charge in [-0.05, 0) is 24.7 Å². The number of pyridine rings is 1. The summed E-state index contributed by atoms with van der Waals surface area (Å²) in [4.78, 5) is 7.03. The van der Waals surface area contributed by atoms with E-state index >= 15 is 0 Å². The van der Waals surface area contributed by atoms with Gasteiger partial charge in [0, 0.05) is 30.6 Å². The van der Waals surface area contributed by atoms with Crippen molar-refractivity contribution >= 4 is 16.7 Å². The number of aliphatic hydroxyl groups is 1. The summed E-state index contributed by atoms with van der Waals surface area (Å²) in [7, 11) is 1.94. The van der Waals surface area contributed by atoms with Crippen LogP contribution in [0.3, 0.4) is 0 Å². The summed E-state index contributed by atoms with van der Waals surface area (Å²) in [5.74, 6) is 0.931. The predicted octanol–water partition coefficient (Wildman–Crippen LogP) is 2.95. The van der Waals surface area contributed by atoms with Crippen molar-refractivity contribution in [3.05, 3.63) is 71.8 Å². The van der Waals surface area contributed by atoms with Crippen LogP contribution in [0, 0.1) is 0 Å². The highest BCUT2D eigenvalue weighted by Gasteiger charge is 2.14. The third-order valence-corrected chi connectivity index (χ3v) is 4.03. The van der Waals surface area contributed by atoms with Crippen LogP contribution >= 0.6 is 0 Å². The molecule has 0 aliphatic carbocycles. The minimum Gasteiger partial charge on any atom is -0.395 e. The molecule has 3 aromatic rings. The smallest absolute Gasteiger partial charge is 0.134 e. The summed E-state index contributed by atoms with van der Waals surface area (Å²) in [6, 6.07) is 20.6. The number of aromatic nitrogens is 1. The maximum atomic E-state index is 9.53. The Morgan fingerprint density at radius 3 is 2.54 bits per heavy atom. The number of hydrogen-bond donors (Lipinski definition) is 2. The fourth-order valence-corrected chi connectivity index (χ4v) is 2.93. The second-order valence-electron chi connectivity index (χ2n) is 5.82. The highest BCUT2D eigenvalue weighted by Crippen LogP contribution is 2.25. The van der Waals surface area contributed by atoms with Gasteiger partial charge in [0.1, 0.15) is 5.82 Å². The van der Waals surface area contributed by atoms with E-state index in [0.29, 0.717) is 6.54 Å². The predicted molar refractivity (Wildman–Crippen MR) is 99.1 cm³/mol. The highest BCUT2D eigenvalue weighted by atomic mass is 16.3. The summed E-state index contributed by atoms with van der Waals surface area (Å²) >= 11 is 0. The largest absolute Gasteiger partial charge is 0.395 e. The van der Waals surface area contributed by atoms with E-state index < -0.39 is 0 Å². The minimum atomic E-state index is 0.0976. The van der Waals surface area contributed by atoms with Gasteiger partial charge in [-0.1, -0.05) is 48.5 Å². The Balaban J connectivity index is 2.03. The Hall–Kier alpha value is -2.43. The van der Waals surface area contributed by atoms with Gasteiger partial charge in [-0.15, -0.1) is 0 Å². The van der Waals surface area contributed by atoms with Crippen LogP contribution in [-0.4, -0.2) is 30.3 Å². The summed E-state index contributed by atoms with van der Waals surface area (Å²) in [5, 5.41) is 13.9. The van der Waals surface area contributed by atoms with Crippen LogP contribution in [-0.2, 0) is 13.1 Å². The molecule has 4 nitrogen and oxygen atoms in total. The summed E-state index contributed by atoms with van der Waals surface area (Å²) in [6.45, 7) is 2.12. The quantitative estimate of drug-likeness (QED) is 0.702. The number of nitrogens with one attached hydrogen (secondary N) is 1. The molecule has 0 aliphatic rings. The number of rotatable bonds is 7. The molecule has 124 valence electrons. The van der Waals surface area contributed by atoms with E-state index in [4.69, 9.17) is 4.98 Å². The van der Waals surface area contributed by atoms with Crippen LogP contribution in [0.25, 0.3) is 10.9 Å². The van der Waals surface area contributed by atoms with Gasteiger partial charge < -0.3 is 15.3 Å². The maximum Gasteiger partial charge on any atom is 0.134 e. The van der Waals surface area contributed by atoms with Crippen molar-refractivity contribution in [2.24, 2.45) is 0 Å². The van der Waals surface area contributed by atoms with Crippen molar-refractivity contribution in [2.45, 2.75) is 13.1 Å². The molecule has 0 fully saturated rings. The van der Waals surface area contributed by atoms with Crippen molar-refractivity contribution in [3.63, 3.8) is 0 Å². The first-order valence-electron chi connectivity index (χ1n) is 8.25. The van der Waals surface area contributed by atoms with Crippen molar-refractivity contribution in [1.82, 2.24) is 10.3 Å².